The van der Waals surface area contributed by atoms with E-state index < -0.39 is 5.66 Å². The first-order chi connectivity index (χ1) is 12.6. The van der Waals surface area contributed by atoms with Crippen LogP contribution in [0.2, 0.25) is 5.02 Å². The molecule has 0 saturated heterocycles. The van der Waals surface area contributed by atoms with Gasteiger partial charge in [-0.2, -0.15) is 0 Å². The third-order valence-corrected chi connectivity index (χ3v) is 5.25. The number of nitrogens with zero attached hydrogens (tertiary/aromatic N) is 1. The van der Waals surface area contributed by atoms with E-state index in [1.54, 1.807) is 29.2 Å². The van der Waals surface area contributed by atoms with Crippen molar-refractivity contribution in [1.29, 1.82) is 0 Å². The van der Waals surface area contributed by atoms with E-state index in [1.165, 1.54) is 0 Å². The molecular weight excluding hydrogens is 348 g/mol. The molecule has 0 aliphatic carbocycles. The number of hydrogen-bond acceptors (Lipinski definition) is 2. The molecule has 0 saturated carbocycles. The Hall–Kier alpha value is -3.11. The van der Waals surface area contributed by atoms with Gasteiger partial charge in [0.2, 0.25) is 0 Å². The van der Waals surface area contributed by atoms with Gasteiger partial charge in [-0.15, -0.1) is 0 Å². The highest BCUT2D eigenvalue weighted by molar-refractivity contribution is 6.31. The molecule has 126 valence electrons. The maximum absolute atomic E-state index is 13.3. The molecule has 0 radical (unpaired) electrons. The van der Waals surface area contributed by atoms with E-state index >= 15 is 0 Å². The summed E-state index contributed by atoms with van der Waals surface area (Å²) in [5.74, 6) is -0.403. The maximum Gasteiger partial charge on any atom is 0.261 e. The van der Waals surface area contributed by atoms with Gasteiger partial charge in [0.25, 0.3) is 11.8 Å². The van der Waals surface area contributed by atoms with Gasteiger partial charge >= 0.3 is 0 Å². The minimum atomic E-state index is -1.06. The summed E-state index contributed by atoms with van der Waals surface area (Å²) in [7, 11) is 0. The average molecular weight is 361 g/mol. The van der Waals surface area contributed by atoms with Crippen LogP contribution in [0.5, 0.6) is 0 Å². The van der Waals surface area contributed by atoms with Crippen molar-refractivity contribution in [1.82, 2.24) is 5.32 Å². The van der Waals surface area contributed by atoms with Crippen LogP contribution in [-0.4, -0.2) is 11.8 Å². The highest BCUT2D eigenvalue weighted by Gasteiger charge is 2.55. The van der Waals surface area contributed by atoms with Crippen LogP contribution in [0.15, 0.2) is 72.8 Å². The molecule has 2 heterocycles. The van der Waals surface area contributed by atoms with Crippen LogP contribution in [0.25, 0.3) is 0 Å². The summed E-state index contributed by atoms with van der Waals surface area (Å²) >= 11 is 6.08. The highest BCUT2D eigenvalue weighted by Crippen LogP contribution is 2.48. The normalized spacial score (nSPS) is 20.3. The minimum absolute atomic E-state index is 0.145. The van der Waals surface area contributed by atoms with Crippen molar-refractivity contribution >= 4 is 29.1 Å². The Bertz CT molecular complexity index is 1080. The van der Waals surface area contributed by atoms with Gasteiger partial charge in [0, 0.05) is 21.7 Å². The lowest BCUT2D eigenvalue weighted by atomic mass is 9.88. The minimum Gasteiger partial charge on any atom is -0.321 e. The van der Waals surface area contributed by atoms with Crippen molar-refractivity contribution in [2.75, 3.05) is 4.90 Å². The number of anilines is 1. The van der Waals surface area contributed by atoms with Crippen LogP contribution in [0.1, 0.15) is 31.8 Å². The van der Waals surface area contributed by atoms with Crippen molar-refractivity contribution in [2.45, 2.75) is 5.66 Å². The molecule has 0 aromatic heterocycles. The van der Waals surface area contributed by atoms with E-state index in [9.17, 15) is 9.59 Å². The smallest absolute Gasteiger partial charge is 0.261 e. The van der Waals surface area contributed by atoms with Crippen LogP contribution < -0.4 is 10.2 Å². The van der Waals surface area contributed by atoms with Gasteiger partial charge in [-0.1, -0.05) is 60.1 Å². The zero-order chi connectivity index (χ0) is 17.9. The molecule has 5 rings (SSSR count). The molecule has 26 heavy (non-hydrogen) atoms. The highest BCUT2D eigenvalue weighted by atomic mass is 35.5. The van der Waals surface area contributed by atoms with Gasteiger partial charge in [0.1, 0.15) is 0 Å². The molecular formula is C21H13ClN2O2. The third kappa shape index (κ3) is 1.79. The molecule has 1 N–H and O–H groups in total. The molecule has 4 nitrogen and oxygen atoms in total. The van der Waals surface area contributed by atoms with E-state index in [4.69, 9.17) is 11.6 Å². The van der Waals surface area contributed by atoms with Crippen LogP contribution in [-0.2, 0) is 5.66 Å². The Morgan fingerprint density at radius 1 is 0.846 bits per heavy atom. The van der Waals surface area contributed by atoms with Gasteiger partial charge < -0.3 is 5.32 Å². The fourth-order valence-corrected chi connectivity index (χ4v) is 4.12. The third-order valence-electron chi connectivity index (χ3n) is 5.02. The lowest BCUT2D eigenvalue weighted by Crippen LogP contribution is -2.60. The van der Waals surface area contributed by atoms with E-state index in [0.29, 0.717) is 21.8 Å². The summed E-state index contributed by atoms with van der Waals surface area (Å²) in [5.41, 5.74) is 2.07. The molecule has 2 aliphatic rings. The standard InChI is InChI=1S/C21H13ClN2O2/c22-14-10-11-18-16(12-14)19(25)23-21(13-6-2-1-3-7-13)17-9-5-4-8-15(17)20(26)24(18)21/h1-12H,(H,23,25)/t21-/m1/s1. The Morgan fingerprint density at radius 3 is 2.38 bits per heavy atom. The number of hydrogen-bond donors (Lipinski definition) is 1. The first kappa shape index (κ1) is 15.2. The lowest BCUT2D eigenvalue weighted by Gasteiger charge is -2.44. The lowest BCUT2D eigenvalue weighted by molar-refractivity contribution is 0.0878. The number of benzene rings is 3. The van der Waals surface area contributed by atoms with Crippen LogP contribution in [0.4, 0.5) is 5.69 Å². The number of carbonyl (C=O) groups excluding carboxylic acids is 2. The second-order valence-electron chi connectivity index (χ2n) is 6.38. The van der Waals surface area contributed by atoms with Gasteiger partial charge in [-0.3, -0.25) is 14.5 Å². The van der Waals surface area contributed by atoms with Crippen LogP contribution >= 0.6 is 11.6 Å². The predicted molar refractivity (Wildman–Crippen MR) is 99.4 cm³/mol. The average Bonchev–Trinajstić information content (AvgIpc) is 2.93. The van der Waals surface area contributed by atoms with Crippen molar-refractivity contribution in [3.05, 3.63) is 100 Å². The van der Waals surface area contributed by atoms with E-state index in [2.05, 4.69) is 5.32 Å². The summed E-state index contributed by atoms with van der Waals surface area (Å²) in [6, 6.07) is 22.0. The molecule has 0 fully saturated rings. The Morgan fingerprint density at radius 2 is 1.58 bits per heavy atom. The zero-order valence-electron chi connectivity index (χ0n) is 13.6. The Kier molecular flexibility index (Phi) is 3.03. The fraction of sp³-hybridized carbons (Fsp3) is 0.0476. The Labute approximate surface area is 155 Å². The number of nitrogens with one attached hydrogen (secondary N) is 1. The molecule has 2 aliphatic heterocycles. The first-order valence-corrected chi connectivity index (χ1v) is 8.62. The number of fused-ring (bicyclic) bond motifs is 5. The molecule has 2 amide bonds. The summed E-state index contributed by atoms with van der Waals surface area (Å²) in [5, 5.41) is 3.54. The van der Waals surface area contributed by atoms with Crippen LogP contribution in [0.3, 0.4) is 0 Å². The van der Waals surface area contributed by atoms with Crippen molar-refractivity contribution < 1.29 is 9.59 Å². The monoisotopic (exact) mass is 360 g/mol. The summed E-state index contributed by atoms with van der Waals surface area (Å²) in [6.45, 7) is 0. The van der Waals surface area contributed by atoms with Gasteiger partial charge in [0.15, 0.2) is 5.66 Å². The molecule has 0 spiro atoms. The summed E-state index contributed by atoms with van der Waals surface area (Å²) in [6.07, 6.45) is 0. The number of amides is 2. The number of halogens is 1. The largest absolute Gasteiger partial charge is 0.321 e. The number of carbonyl (C=O) groups is 2. The van der Waals surface area contributed by atoms with Crippen molar-refractivity contribution in [2.24, 2.45) is 0 Å². The SMILES string of the molecule is O=C1N[C@@]2(c3ccccc3)c3ccccc3C(=O)N2c2ccc(Cl)cc21. The second-order valence-corrected chi connectivity index (χ2v) is 6.81. The van der Waals surface area contributed by atoms with E-state index in [-0.39, 0.29) is 11.8 Å². The summed E-state index contributed by atoms with van der Waals surface area (Å²) in [4.78, 5) is 27.9. The topological polar surface area (TPSA) is 49.4 Å². The number of rotatable bonds is 1. The molecule has 5 heteroatoms. The van der Waals surface area contributed by atoms with Gasteiger partial charge in [0.05, 0.1) is 11.3 Å². The fourth-order valence-electron chi connectivity index (χ4n) is 3.94. The predicted octanol–water partition coefficient (Wildman–Crippen LogP) is 3.94. The van der Waals surface area contributed by atoms with Crippen molar-refractivity contribution in [3.8, 4) is 0 Å². The summed E-state index contributed by atoms with van der Waals surface area (Å²) < 4.78 is 0. The first-order valence-electron chi connectivity index (χ1n) is 8.24. The maximum atomic E-state index is 13.3. The van der Waals surface area contributed by atoms with Gasteiger partial charge in [-0.25, -0.2) is 0 Å². The quantitative estimate of drug-likeness (QED) is 0.714. The van der Waals surface area contributed by atoms with E-state index in [1.807, 2.05) is 48.5 Å². The van der Waals surface area contributed by atoms with Gasteiger partial charge in [-0.05, 0) is 24.3 Å². The van der Waals surface area contributed by atoms with Crippen LogP contribution in [0, 0.1) is 0 Å². The molecule has 0 bridgehead atoms. The molecule has 1 atom stereocenters. The van der Waals surface area contributed by atoms with E-state index in [0.717, 1.165) is 11.1 Å². The second kappa shape index (κ2) is 5.19. The molecule has 3 aromatic rings. The van der Waals surface area contributed by atoms with Crippen molar-refractivity contribution in [3.63, 3.8) is 0 Å². The molecule has 0 unspecified atom stereocenters. The zero-order valence-corrected chi connectivity index (χ0v) is 14.3. The Balaban J connectivity index is 1.88. The molecule has 3 aromatic carbocycles.